The second kappa shape index (κ2) is 6.03. The van der Waals surface area contributed by atoms with Crippen molar-refractivity contribution in [3.63, 3.8) is 0 Å². The first-order valence-electron chi connectivity index (χ1n) is 6.33. The van der Waals surface area contributed by atoms with E-state index in [1.165, 1.54) is 11.1 Å². The first-order chi connectivity index (χ1) is 8.35. The number of hydrogen-bond donors (Lipinski definition) is 1. The third kappa shape index (κ3) is 2.99. The third-order valence-corrected chi connectivity index (χ3v) is 3.09. The Labute approximate surface area is 103 Å². The van der Waals surface area contributed by atoms with Gasteiger partial charge in [0.05, 0.1) is 12.6 Å². The Morgan fingerprint density at radius 3 is 3.12 bits per heavy atom. The highest BCUT2D eigenvalue weighted by atomic mass is 16.5. The number of nitrogens with one attached hydrogen (secondary N) is 1. The molecule has 0 bridgehead atoms. The summed E-state index contributed by atoms with van der Waals surface area (Å²) < 4.78 is 10.8. The Morgan fingerprint density at radius 2 is 2.35 bits per heavy atom. The van der Waals surface area contributed by atoms with E-state index < -0.39 is 0 Å². The molecule has 1 heterocycles. The summed E-state index contributed by atoms with van der Waals surface area (Å²) in [7, 11) is 1.74. The summed E-state index contributed by atoms with van der Waals surface area (Å²) in [6.45, 7) is 4.74. The van der Waals surface area contributed by atoms with Crippen LogP contribution in [0.3, 0.4) is 0 Å². The van der Waals surface area contributed by atoms with Crippen LogP contribution in [0, 0.1) is 0 Å². The van der Waals surface area contributed by atoms with Gasteiger partial charge in [-0.15, -0.1) is 0 Å². The van der Waals surface area contributed by atoms with E-state index >= 15 is 0 Å². The molecule has 1 atom stereocenters. The number of benzene rings is 1. The lowest BCUT2D eigenvalue weighted by Gasteiger charge is -2.11. The maximum absolute atomic E-state index is 5.67. The second-order valence-corrected chi connectivity index (χ2v) is 4.43. The summed E-state index contributed by atoms with van der Waals surface area (Å²) in [5, 5.41) is 3.51. The molecule has 1 aliphatic rings. The minimum absolute atomic E-state index is 0.354. The molecule has 17 heavy (non-hydrogen) atoms. The first-order valence-corrected chi connectivity index (χ1v) is 6.33. The molecule has 0 aromatic heterocycles. The Morgan fingerprint density at radius 1 is 1.47 bits per heavy atom. The van der Waals surface area contributed by atoms with Gasteiger partial charge in [-0.2, -0.15) is 0 Å². The molecular weight excluding hydrogens is 214 g/mol. The van der Waals surface area contributed by atoms with Crippen molar-refractivity contribution in [3.05, 3.63) is 29.3 Å². The predicted molar refractivity (Wildman–Crippen MR) is 68.6 cm³/mol. The van der Waals surface area contributed by atoms with Crippen LogP contribution >= 0.6 is 0 Å². The number of methoxy groups -OCH3 is 1. The van der Waals surface area contributed by atoms with Crippen LogP contribution in [0.4, 0.5) is 0 Å². The average molecular weight is 235 g/mol. The molecule has 1 aromatic rings. The summed E-state index contributed by atoms with van der Waals surface area (Å²) in [6, 6.07) is 6.80. The van der Waals surface area contributed by atoms with Gasteiger partial charge in [-0.1, -0.05) is 19.1 Å². The third-order valence-electron chi connectivity index (χ3n) is 3.09. The number of fused-ring (bicyclic) bond motifs is 1. The first kappa shape index (κ1) is 12.4. The molecule has 0 spiro atoms. The molecule has 0 saturated heterocycles. The maximum Gasteiger partial charge on any atom is 0.124 e. The highest BCUT2D eigenvalue weighted by Gasteiger charge is 2.23. The molecule has 0 amide bonds. The van der Waals surface area contributed by atoms with E-state index in [9.17, 15) is 0 Å². The summed E-state index contributed by atoms with van der Waals surface area (Å²) >= 11 is 0. The summed E-state index contributed by atoms with van der Waals surface area (Å²) in [5.74, 6) is 1.03. The van der Waals surface area contributed by atoms with E-state index in [-0.39, 0.29) is 0 Å². The lowest BCUT2D eigenvalue weighted by atomic mass is 10.0. The standard InChI is InChI=1S/C14H21NO2/c1-3-7-15-13-10-17-14-5-4-11(6-8-16-2)9-12(13)14/h4-5,9,13,15H,3,6-8,10H2,1-2H3. The van der Waals surface area contributed by atoms with Crippen LogP contribution in [-0.4, -0.2) is 26.9 Å². The molecule has 94 valence electrons. The van der Waals surface area contributed by atoms with Gasteiger partial charge >= 0.3 is 0 Å². The lowest BCUT2D eigenvalue weighted by molar-refractivity contribution is 0.202. The maximum atomic E-state index is 5.67. The van der Waals surface area contributed by atoms with Crippen molar-refractivity contribution in [2.75, 3.05) is 26.9 Å². The van der Waals surface area contributed by atoms with Gasteiger partial charge < -0.3 is 14.8 Å². The van der Waals surface area contributed by atoms with Crippen molar-refractivity contribution in [1.29, 1.82) is 0 Å². The molecule has 2 rings (SSSR count). The molecule has 1 aliphatic heterocycles. The predicted octanol–water partition coefficient (Wildman–Crippen LogP) is 2.31. The minimum Gasteiger partial charge on any atom is -0.491 e. The minimum atomic E-state index is 0.354. The lowest BCUT2D eigenvalue weighted by Crippen LogP contribution is -2.23. The van der Waals surface area contributed by atoms with Crippen LogP contribution in [0.2, 0.25) is 0 Å². The van der Waals surface area contributed by atoms with Crippen molar-refractivity contribution in [2.45, 2.75) is 25.8 Å². The smallest absolute Gasteiger partial charge is 0.124 e. The Hall–Kier alpha value is -1.06. The monoisotopic (exact) mass is 235 g/mol. The molecule has 0 fully saturated rings. The topological polar surface area (TPSA) is 30.5 Å². The van der Waals surface area contributed by atoms with E-state index in [2.05, 4.69) is 30.4 Å². The fraction of sp³-hybridized carbons (Fsp3) is 0.571. The van der Waals surface area contributed by atoms with Gasteiger partial charge in [0.25, 0.3) is 0 Å². The highest BCUT2D eigenvalue weighted by Crippen LogP contribution is 2.33. The zero-order valence-corrected chi connectivity index (χ0v) is 10.7. The van der Waals surface area contributed by atoms with Gasteiger partial charge in [0, 0.05) is 12.7 Å². The fourth-order valence-corrected chi connectivity index (χ4v) is 2.13. The summed E-state index contributed by atoms with van der Waals surface area (Å²) in [4.78, 5) is 0. The van der Waals surface area contributed by atoms with Crippen LogP contribution in [-0.2, 0) is 11.2 Å². The average Bonchev–Trinajstić information content (AvgIpc) is 2.76. The van der Waals surface area contributed by atoms with Crippen molar-refractivity contribution in [3.8, 4) is 5.75 Å². The van der Waals surface area contributed by atoms with Crippen LogP contribution in [0.25, 0.3) is 0 Å². The van der Waals surface area contributed by atoms with Crippen molar-refractivity contribution >= 4 is 0 Å². The van der Waals surface area contributed by atoms with E-state index in [1.807, 2.05) is 0 Å². The normalized spacial score (nSPS) is 17.9. The van der Waals surface area contributed by atoms with Gasteiger partial charge in [-0.25, -0.2) is 0 Å². The van der Waals surface area contributed by atoms with Gasteiger partial charge in [0.1, 0.15) is 12.4 Å². The zero-order chi connectivity index (χ0) is 12.1. The summed E-state index contributed by atoms with van der Waals surface area (Å²) in [5.41, 5.74) is 2.62. The van der Waals surface area contributed by atoms with Crippen LogP contribution < -0.4 is 10.1 Å². The van der Waals surface area contributed by atoms with Crippen molar-refractivity contribution in [2.24, 2.45) is 0 Å². The largest absolute Gasteiger partial charge is 0.491 e. The van der Waals surface area contributed by atoms with Crippen LogP contribution in [0.5, 0.6) is 5.75 Å². The highest BCUT2D eigenvalue weighted by molar-refractivity contribution is 5.42. The molecule has 3 nitrogen and oxygen atoms in total. The van der Waals surface area contributed by atoms with Gasteiger partial charge in [-0.3, -0.25) is 0 Å². The van der Waals surface area contributed by atoms with E-state index in [0.29, 0.717) is 6.04 Å². The van der Waals surface area contributed by atoms with Crippen molar-refractivity contribution in [1.82, 2.24) is 5.32 Å². The Kier molecular flexibility index (Phi) is 4.40. The number of rotatable bonds is 6. The van der Waals surface area contributed by atoms with Gasteiger partial charge in [-0.05, 0) is 31.0 Å². The Bertz CT molecular complexity index is 365. The second-order valence-electron chi connectivity index (χ2n) is 4.43. The van der Waals surface area contributed by atoms with E-state index in [0.717, 1.165) is 38.3 Å². The quantitative estimate of drug-likeness (QED) is 0.820. The van der Waals surface area contributed by atoms with Gasteiger partial charge in [0.2, 0.25) is 0 Å². The van der Waals surface area contributed by atoms with Gasteiger partial charge in [0.15, 0.2) is 0 Å². The van der Waals surface area contributed by atoms with Crippen LogP contribution in [0.15, 0.2) is 18.2 Å². The molecule has 1 aromatic carbocycles. The Balaban J connectivity index is 2.07. The molecule has 1 unspecified atom stereocenters. The SMILES string of the molecule is CCCNC1COc2ccc(CCOC)cc21. The zero-order valence-electron chi connectivity index (χ0n) is 10.7. The molecule has 0 aliphatic carbocycles. The number of ether oxygens (including phenoxy) is 2. The molecule has 0 saturated carbocycles. The fourth-order valence-electron chi connectivity index (χ4n) is 2.13. The molecule has 1 N–H and O–H groups in total. The summed E-state index contributed by atoms with van der Waals surface area (Å²) in [6.07, 6.45) is 2.11. The molecule has 0 radical (unpaired) electrons. The number of hydrogen-bond acceptors (Lipinski definition) is 3. The molecular formula is C14H21NO2. The van der Waals surface area contributed by atoms with E-state index in [4.69, 9.17) is 9.47 Å². The van der Waals surface area contributed by atoms with Crippen LogP contribution in [0.1, 0.15) is 30.5 Å². The van der Waals surface area contributed by atoms with Crippen molar-refractivity contribution < 1.29 is 9.47 Å². The molecule has 3 heteroatoms. The van der Waals surface area contributed by atoms with E-state index in [1.54, 1.807) is 7.11 Å².